The quantitative estimate of drug-likeness (QED) is 0.447. The number of pyridine rings is 1. The van der Waals surface area contributed by atoms with Gasteiger partial charge in [-0.15, -0.1) is 0 Å². The molecule has 1 aromatic carbocycles. The molecule has 1 saturated heterocycles. The van der Waals surface area contributed by atoms with Crippen molar-refractivity contribution in [1.29, 1.82) is 0 Å². The number of ether oxygens (including phenoxy) is 2. The topological polar surface area (TPSA) is 91.5 Å². The molecule has 2 fully saturated rings. The summed E-state index contributed by atoms with van der Waals surface area (Å²) in [4.78, 5) is 23.4. The fourth-order valence-electron chi connectivity index (χ4n) is 5.30. The lowest BCUT2D eigenvalue weighted by Crippen LogP contribution is -2.31. The predicted octanol–water partition coefficient (Wildman–Crippen LogP) is 4.55. The first-order chi connectivity index (χ1) is 17.0. The number of amides is 1. The Morgan fingerprint density at radius 2 is 2.20 bits per heavy atom. The van der Waals surface area contributed by atoms with Gasteiger partial charge in [-0.05, 0) is 51.1 Å². The van der Waals surface area contributed by atoms with E-state index >= 15 is 0 Å². The second-order valence-electron chi connectivity index (χ2n) is 9.49. The van der Waals surface area contributed by atoms with Gasteiger partial charge in [0.2, 0.25) is 0 Å². The highest BCUT2D eigenvalue weighted by molar-refractivity contribution is 6.32. The third-order valence-electron chi connectivity index (χ3n) is 7.32. The number of nitrogens with zero attached hydrogens (tertiary/aromatic N) is 2. The first kappa shape index (κ1) is 22.2. The van der Waals surface area contributed by atoms with Crippen LogP contribution >= 0.6 is 11.6 Å². The van der Waals surface area contributed by atoms with E-state index in [9.17, 15) is 4.79 Å². The van der Waals surface area contributed by atoms with Crippen molar-refractivity contribution in [3.05, 3.63) is 52.9 Å². The van der Waals surface area contributed by atoms with Crippen LogP contribution in [0.5, 0.6) is 11.5 Å². The maximum Gasteiger partial charge on any atom is 0.255 e. The monoisotopic (exact) mass is 493 g/mol. The third kappa shape index (κ3) is 3.90. The van der Waals surface area contributed by atoms with Gasteiger partial charge >= 0.3 is 0 Å². The summed E-state index contributed by atoms with van der Waals surface area (Å²) < 4.78 is 11.9. The number of benzene rings is 1. The molecule has 2 aliphatic heterocycles. The number of likely N-dealkylation sites (N-methyl/N-ethyl adjacent to an activating group) is 1. The Balaban J connectivity index is 1.43. The van der Waals surface area contributed by atoms with E-state index in [-0.39, 0.29) is 17.9 Å². The smallest absolute Gasteiger partial charge is 0.255 e. The molecular weight excluding hydrogens is 466 g/mol. The molecule has 3 aromatic rings. The molecule has 3 N–H and O–H groups in total. The van der Waals surface area contributed by atoms with Gasteiger partial charge in [-0.25, -0.2) is 0 Å². The van der Waals surface area contributed by atoms with E-state index in [1.165, 1.54) is 6.42 Å². The van der Waals surface area contributed by atoms with Gasteiger partial charge in [0, 0.05) is 35.5 Å². The van der Waals surface area contributed by atoms with Crippen molar-refractivity contribution in [2.75, 3.05) is 32.6 Å². The zero-order chi connectivity index (χ0) is 24.1. The zero-order valence-electron chi connectivity index (χ0n) is 19.7. The standard InChI is InChI=1S/C26H28ClN5O3/c1-32-10-4-5-14(32)13-35-20-12-28-9-8-15(20)23-24(29-18-7-3-6-17(27)25(18)34-2)21-22(31-23)16-11-19(16)30-26(21)33/h3,6-9,12,14,16,19,29,31H,4-5,10-11,13H2,1-2H3,(H,30,33)/t14-,16-,19+/m1/s1. The number of anilines is 2. The zero-order valence-corrected chi connectivity index (χ0v) is 20.5. The van der Waals surface area contributed by atoms with Gasteiger partial charge in [0.25, 0.3) is 5.91 Å². The number of nitrogens with one attached hydrogen (secondary N) is 3. The van der Waals surface area contributed by atoms with E-state index in [1.54, 1.807) is 25.6 Å². The predicted molar refractivity (Wildman–Crippen MR) is 135 cm³/mol. The summed E-state index contributed by atoms with van der Waals surface area (Å²) in [5.74, 6) is 1.40. The number of hydrogen-bond acceptors (Lipinski definition) is 6. The molecule has 0 unspecified atom stereocenters. The van der Waals surface area contributed by atoms with Crippen LogP contribution in [-0.2, 0) is 0 Å². The fraction of sp³-hybridized carbons (Fsp3) is 0.385. The molecule has 1 aliphatic carbocycles. The number of carbonyl (C=O) groups is 1. The van der Waals surface area contributed by atoms with E-state index in [1.807, 2.05) is 18.2 Å². The second kappa shape index (κ2) is 8.77. The average molecular weight is 494 g/mol. The average Bonchev–Trinajstić information content (AvgIpc) is 3.35. The summed E-state index contributed by atoms with van der Waals surface area (Å²) >= 11 is 6.38. The number of H-pyrrole nitrogens is 1. The summed E-state index contributed by atoms with van der Waals surface area (Å²) in [6, 6.07) is 8.01. The van der Waals surface area contributed by atoms with E-state index in [2.05, 4.69) is 32.5 Å². The van der Waals surface area contributed by atoms with Gasteiger partial charge in [0.05, 0.1) is 41.0 Å². The molecule has 1 amide bonds. The van der Waals surface area contributed by atoms with Crippen molar-refractivity contribution < 1.29 is 14.3 Å². The summed E-state index contributed by atoms with van der Waals surface area (Å²) in [5.41, 5.74) is 4.57. The summed E-state index contributed by atoms with van der Waals surface area (Å²) in [7, 11) is 3.71. The summed E-state index contributed by atoms with van der Waals surface area (Å²) in [5, 5.41) is 7.06. The number of carbonyl (C=O) groups excluding carboxylic acids is 1. The maximum atomic E-state index is 13.1. The van der Waals surface area contributed by atoms with Crippen LogP contribution in [0.15, 0.2) is 36.7 Å². The molecule has 3 aliphatic rings. The molecule has 1 saturated carbocycles. The van der Waals surface area contributed by atoms with Gasteiger partial charge in [-0.3, -0.25) is 9.78 Å². The number of rotatable bonds is 7. The highest BCUT2D eigenvalue weighted by Crippen LogP contribution is 2.51. The van der Waals surface area contributed by atoms with Crippen LogP contribution in [0, 0.1) is 0 Å². The van der Waals surface area contributed by atoms with Crippen molar-refractivity contribution in [3.63, 3.8) is 0 Å². The lowest BCUT2D eigenvalue weighted by Gasteiger charge is -2.21. The molecular formula is C26H28ClN5O3. The molecule has 4 heterocycles. The van der Waals surface area contributed by atoms with Crippen LogP contribution in [0.1, 0.15) is 41.2 Å². The molecule has 0 bridgehead atoms. The summed E-state index contributed by atoms with van der Waals surface area (Å²) in [6.07, 6.45) is 6.72. The normalized spacial score (nSPS) is 22.8. The molecule has 3 atom stereocenters. The van der Waals surface area contributed by atoms with E-state index in [0.29, 0.717) is 46.1 Å². The number of halogens is 1. The van der Waals surface area contributed by atoms with Crippen molar-refractivity contribution in [1.82, 2.24) is 20.2 Å². The van der Waals surface area contributed by atoms with Crippen LogP contribution in [0.4, 0.5) is 11.4 Å². The van der Waals surface area contributed by atoms with Crippen molar-refractivity contribution in [2.45, 2.75) is 37.3 Å². The number of likely N-dealkylation sites (tertiary alicyclic amines) is 1. The lowest BCUT2D eigenvalue weighted by molar-refractivity contribution is 0.0944. The van der Waals surface area contributed by atoms with Gasteiger partial charge in [0.1, 0.15) is 12.4 Å². The summed E-state index contributed by atoms with van der Waals surface area (Å²) in [6.45, 7) is 1.68. The Morgan fingerprint density at radius 3 is 3.00 bits per heavy atom. The van der Waals surface area contributed by atoms with Crippen LogP contribution in [0.25, 0.3) is 11.3 Å². The van der Waals surface area contributed by atoms with Gasteiger partial charge in [-0.1, -0.05) is 17.7 Å². The first-order valence-corrected chi connectivity index (χ1v) is 12.4. The fourth-order valence-corrected chi connectivity index (χ4v) is 5.55. The largest absolute Gasteiger partial charge is 0.493 e. The van der Waals surface area contributed by atoms with Crippen LogP contribution in [-0.4, -0.2) is 60.2 Å². The number of fused-ring (bicyclic) bond motifs is 3. The highest BCUT2D eigenvalue weighted by atomic mass is 35.5. The number of methoxy groups -OCH3 is 1. The number of para-hydroxylation sites is 1. The molecule has 0 radical (unpaired) electrons. The first-order valence-electron chi connectivity index (χ1n) is 12.0. The Hall–Kier alpha value is -3.23. The van der Waals surface area contributed by atoms with Crippen LogP contribution in [0.3, 0.4) is 0 Å². The second-order valence-corrected chi connectivity index (χ2v) is 9.90. The van der Waals surface area contributed by atoms with E-state index in [0.717, 1.165) is 36.3 Å². The number of aromatic amines is 1. The van der Waals surface area contributed by atoms with Gasteiger partial charge < -0.3 is 30.0 Å². The molecule has 6 rings (SSSR count). The van der Waals surface area contributed by atoms with E-state index < -0.39 is 0 Å². The molecule has 8 nitrogen and oxygen atoms in total. The number of hydrogen-bond donors (Lipinski definition) is 3. The molecule has 182 valence electrons. The molecule has 9 heteroatoms. The molecule has 2 aromatic heterocycles. The van der Waals surface area contributed by atoms with Crippen molar-refractivity contribution in [3.8, 4) is 22.8 Å². The number of aromatic nitrogens is 2. The van der Waals surface area contributed by atoms with Gasteiger partial charge in [0.15, 0.2) is 5.75 Å². The SMILES string of the molecule is COc1c(Cl)cccc1Nc1c(-c2ccncc2OC[C@H]2CCCN2C)[nH]c2c1C(=O)N[C@H]1C[C@@H]21. The Labute approximate surface area is 209 Å². The molecule has 0 spiro atoms. The minimum absolute atomic E-state index is 0.0890. The van der Waals surface area contributed by atoms with Crippen molar-refractivity contribution in [2.24, 2.45) is 0 Å². The Kier molecular flexibility index (Phi) is 5.57. The maximum absolute atomic E-state index is 13.1. The lowest BCUT2D eigenvalue weighted by atomic mass is 10.0. The van der Waals surface area contributed by atoms with Crippen LogP contribution < -0.4 is 20.1 Å². The minimum atomic E-state index is -0.0890. The Morgan fingerprint density at radius 1 is 1.31 bits per heavy atom. The van der Waals surface area contributed by atoms with Gasteiger partial charge in [-0.2, -0.15) is 0 Å². The van der Waals surface area contributed by atoms with Crippen LogP contribution in [0.2, 0.25) is 5.02 Å². The molecule has 35 heavy (non-hydrogen) atoms. The van der Waals surface area contributed by atoms with Crippen molar-refractivity contribution >= 4 is 28.9 Å². The Bertz CT molecular complexity index is 1290. The highest BCUT2D eigenvalue weighted by Gasteiger charge is 2.48. The third-order valence-corrected chi connectivity index (χ3v) is 7.62. The van der Waals surface area contributed by atoms with E-state index in [4.69, 9.17) is 21.1 Å². The minimum Gasteiger partial charge on any atom is -0.493 e.